The van der Waals surface area contributed by atoms with Crippen LogP contribution in [-0.4, -0.2) is 28.9 Å². The molecule has 0 bridgehead atoms. The van der Waals surface area contributed by atoms with Gasteiger partial charge in [0.2, 0.25) is 5.89 Å². The molecule has 0 aliphatic carbocycles. The number of amides is 1. The van der Waals surface area contributed by atoms with E-state index < -0.39 is 10.8 Å². The van der Waals surface area contributed by atoms with E-state index in [9.17, 15) is 14.9 Å². The number of carbonyl (C=O) groups excluding carboxylic acids is 1. The van der Waals surface area contributed by atoms with Crippen molar-refractivity contribution in [3.8, 4) is 11.5 Å². The highest BCUT2D eigenvalue weighted by atomic mass is 16.6. The molecule has 0 spiro atoms. The zero-order valence-electron chi connectivity index (χ0n) is 20.6. The molecule has 5 rings (SSSR count). The van der Waals surface area contributed by atoms with E-state index in [1.54, 1.807) is 18.2 Å². The molecule has 1 saturated heterocycles. The summed E-state index contributed by atoms with van der Waals surface area (Å²) in [7, 11) is 0. The minimum atomic E-state index is -0.413. The van der Waals surface area contributed by atoms with Crippen LogP contribution < -0.4 is 10.2 Å². The lowest BCUT2D eigenvalue weighted by Gasteiger charge is -2.28. The van der Waals surface area contributed by atoms with Crippen LogP contribution in [0.4, 0.5) is 17.1 Å². The predicted octanol–water partition coefficient (Wildman–Crippen LogP) is 6.57. The summed E-state index contributed by atoms with van der Waals surface area (Å²) >= 11 is 0. The first kappa shape index (κ1) is 23.5. The van der Waals surface area contributed by atoms with Crippen molar-refractivity contribution in [3.05, 3.63) is 80.9 Å². The van der Waals surface area contributed by atoms with Crippen molar-refractivity contribution in [3.63, 3.8) is 0 Å². The number of aryl methyl sites for hydroxylation is 2. The molecule has 1 aliphatic heterocycles. The highest BCUT2D eigenvalue weighted by molar-refractivity contribution is 6.06. The molecule has 0 saturated carbocycles. The molecular weight excluding hydrogens is 456 g/mol. The van der Waals surface area contributed by atoms with E-state index in [0.717, 1.165) is 65.7 Å². The average Bonchev–Trinajstić information content (AvgIpc) is 3.29. The van der Waals surface area contributed by atoms with Gasteiger partial charge in [-0.3, -0.25) is 14.9 Å². The second-order valence-corrected chi connectivity index (χ2v) is 9.39. The van der Waals surface area contributed by atoms with Crippen molar-refractivity contribution in [1.29, 1.82) is 0 Å². The fraction of sp³-hybridized carbons (Fsp3) is 0.286. The normalized spacial score (nSPS) is 13.7. The van der Waals surface area contributed by atoms with Crippen LogP contribution in [0.25, 0.3) is 22.6 Å². The van der Waals surface area contributed by atoms with Gasteiger partial charge in [-0.15, -0.1) is 0 Å². The fourth-order valence-electron chi connectivity index (χ4n) is 4.90. The molecule has 0 radical (unpaired) electrons. The molecule has 8 nitrogen and oxygen atoms in total. The number of carbonyl (C=O) groups is 1. The van der Waals surface area contributed by atoms with Crippen molar-refractivity contribution in [2.75, 3.05) is 23.3 Å². The molecule has 0 unspecified atom stereocenters. The van der Waals surface area contributed by atoms with Gasteiger partial charge >= 0.3 is 0 Å². The number of nitrogens with zero attached hydrogens (tertiary/aromatic N) is 3. The molecular formula is C28H28N4O4. The standard InChI is InChI=1S/C28H28N4O4/c1-17-14-18(2)26-23(15-17)30-28(36-26)21-8-7-9-22(19(21)3)29-27(33)20-10-11-24(25(16-20)32(34)35)31-12-5-4-6-13-31/h7-11,14-16H,4-6,12-13H2,1-3H3,(H,29,33). The van der Waals surface area contributed by atoms with Crippen molar-refractivity contribution < 1.29 is 14.1 Å². The highest BCUT2D eigenvalue weighted by Crippen LogP contribution is 2.34. The largest absolute Gasteiger partial charge is 0.436 e. The Morgan fingerprint density at radius 3 is 2.58 bits per heavy atom. The maximum Gasteiger partial charge on any atom is 0.293 e. The van der Waals surface area contributed by atoms with Gasteiger partial charge in [-0.05, 0) is 87.1 Å². The van der Waals surface area contributed by atoms with Crippen LogP contribution in [0.15, 0.2) is 52.9 Å². The summed E-state index contributed by atoms with van der Waals surface area (Å²) < 4.78 is 6.07. The summed E-state index contributed by atoms with van der Waals surface area (Å²) in [4.78, 5) is 31.2. The smallest absolute Gasteiger partial charge is 0.293 e. The first-order valence-electron chi connectivity index (χ1n) is 12.1. The molecule has 0 atom stereocenters. The van der Waals surface area contributed by atoms with Gasteiger partial charge in [-0.1, -0.05) is 12.1 Å². The van der Waals surface area contributed by atoms with Gasteiger partial charge in [0, 0.05) is 36.0 Å². The highest BCUT2D eigenvalue weighted by Gasteiger charge is 2.24. The Labute approximate surface area is 209 Å². The number of nitro benzene ring substituents is 1. The molecule has 1 N–H and O–H groups in total. The number of nitro groups is 1. The molecule has 4 aromatic rings. The quantitative estimate of drug-likeness (QED) is 0.254. The number of benzene rings is 3. The van der Waals surface area contributed by atoms with E-state index >= 15 is 0 Å². The third-order valence-corrected chi connectivity index (χ3v) is 6.76. The fourth-order valence-corrected chi connectivity index (χ4v) is 4.90. The molecule has 1 fully saturated rings. The van der Waals surface area contributed by atoms with E-state index in [1.807, 2.05) is 43.9 Å². The predicted molar refractivity (Wildman–Crippen MR) is 141 cm³/mol. The Bertz CT molecular complexity index is 1480. The third-order valence-electron chi connectivity index (χ3n) is 6.76. The number of piperidine rings is 1. The number of hydrogen-bond donors (Lipinski definition) is 1. The monoisotopic (exact) mass is 484 g/mol. The minimum absolute atomic E-state index is 0.0489. The first-order valence-corrected chi connectivity index (χ1v) is 12.1. The van der Waals surface area contributed by atoms with E-state index in [-0.39, 0.29) is 11.3 Å². The van der Waals surface area contributed by atoms with Crippen LogP contribution in [0.1, 0.15) is 46.3 Å². The minimum Gasteiger partial charge on any atom is -0.436 e. The SMILES string of the molecule is Cc1cc(C)c2oc(-c3cccc(NC(=O)c4ccc(N5CCCCC5)c([N+](=O)[O-])c4)c3C)nc2c1. The molecule has 184 valence electrons. The second-order valence-electron chi connectivity index (χ2n) is 9.39. The lowest BCUT2D eigenvalue weighted by molar-refractivity contribution is -0.384. The molecule has 1 aromatic heterocycles. The number of hydrogen-bond acceptors (Lipinski definition) is 6. The van der Waals surface area contributed by atoms with E-state index in [0.29, 0.717) is 17.3 Å². The van der Waals surface area contributed by atoms with E-state index in [4.69, 9.17) is 4.42 Å². The Hall–Kier alpha value is -4.20. The van der Waals surface area contributed by atoms with Gasteiger partial charge in [0.1, 0.15) is 11.2 Å². The molecule has 1 amide bonds. The van der Waals surface area contributed by atoms with Crippen molar-refractivity contribution in [2.24, 2.45) is 0 Å². The van der Waals surface area contributed by atoms with Crippen LogP contribution in [0.3, 0.4) is 0 Å². The zero-order chi connectivity index (χ0) is 25.4. The van der Waals surface area contributed by atoms with E-state index in [2.05, 4.69) is 16.4 Å². The van der Waals surface area contributed by atoms with Crippen molar-refractivity contribution in [2.45, 2.75) is 40.0 Å². The summed E-state index contributed by atoms with van der Waals surface area (Å²) in [5.74, 6) is 0.0707. The lowest BCUT2D eigenvalue weighted by atomic mass is 10.1. The number of oxazole rings is 1. The van der Waals surface area contributed by atoms with Gasteiger partial charge in [0.05, 0.1) is 4.92 Å². The summed E-state index contributed by atoms with van der Waals surface area (Å²) in [5.41, 5.74) is 6.57. The third kappa shape index (κ3) is 4.42. The van der Waals surface area contributed by atoms with Gasteiger partial charge < -0.3 is 14.6 Å². The molecule has 2 heterocycles. The maximum atomic E-state index is 13.1. The van der Waals surface area contributed by atoms with Gasteiger partial charge in [-0.25, -0.2) is 4.98 Å². The Kier molecular flexibility index (Phi) is 6.18. The van der Waals surface area contributed by atoms with Crippen molar-refractivity contribution >= 4 is 34.1 Å². The number of rotatable bonds is 5. The molecule has 3 aromatic carbocycles. The van der Waals surface area contributed by atoms with Crippen LogP contribution in [0, 0.1) is 30.9 Å². The van der Waals surface area contributed by atoms with E-state index in [1.165, 1.54) is 6.07 Å². The Balaban J connectivity index is 1.44. The van der Waals surface area contributed by atoms with Crippen LogP contribution in [-0.2, 0) is 0 Å². The molecule has 1 aliphatic rings. The second kappa shape index (κ2) is 9.45. The molecule has 8 heteroatoms. The zero-order valence-corrected chi connectivity index (χ0v) is 20.6. The van der Waals surface area contributed by atoms with Gasteiger partial charge in [0.25, 0.3) is 11.6 Å². The summed E-state index contributed by atoms with van der Waals surface area (Å²) in [6.07, 6.45) is 3.15. The Morgan fingerprint density at radius 2 is 1.83 bits per heavy atom. The topological polar surface area (TPSA) is 102 Å². The lowest BCUT2D eigenvalue weighted by Crippen LogP contribution is -2.30. The summed E-state index contributed by atoms with van der Waals surface area (Å²) in [6.45, 7) is 7.47. The first-order chi connectivity index (χ1) is 17.3. The summed E-state index contributed by atoms with van der Waals surface area (Å²) in [5, 5.41) is 14.7. The summed E-state index contributed by atoms with van der Waals surface area (Å²) in [6, 6.07) is 14.3. The number of anilines is 2. The molecule has 36 heavy (non-hydrogen) atoms. The van der Waals surface area contributed by atoms with Gasteiger partial charge in [0.15, 0.2) is 5.58 Å². The average molecular weight is 485 g/mol. The van der Waals surface area contributed by atoms with Gasteiger partial charge in [-0.2, -0.15) is 0 Å². The van der Waals surface area contributed by atoms with Crippen LogP contribution in [0.2, 0.25) is 0 Å². The van der Waals surface area contributed by atoms with Crippen LogP contribution in [0.5, 0.6) is 0 Å². The number of nitrogens with one attached hydrogen (secondary N) is 1. The van der Waals surface area contributed by atoms with Crippen molar-refractivity contribution in [1.82, 2.24) is 4.98 Å². The Morgan fingerprint density at radius 1 is 1.06 bits per heavy atom. The maximum absolute atomic E-state index is 13.1. The number of aromatic nitrogens is 1. The number of fused-ring (bicyclic) bond motifs is 1. The van der Waals surface area contributed by atoms with Crippen LogP contribution >= 0.6 is 0 Å².